The first-order chi connectivity index (χ1) is 8.48. The molecule has 2 rings (SSSR count). The van der Waals surface area contributed by atoms with Gasteiger partial charge in [-0.05, 0) is 30.4 Å². The van der Waals surface area contributed by atoms with Crippen molar-refractivity contribution in [1.82, 2.24) is 4.72 Å². The highest BCUT2D eigenvalue weighted by atomic mass is 32.2. The number of hydrogen-bond donors (Lipinski definition) is 2. The summed E-state index contributed by atoms with van der Waals surface area (Å²) in [5, 5.41) is 0. The minimum absolute atomic E-state index is 0.0388. The Morgan fingerprint density at radius 3 is 2.67 bits per heavy atom. The molecule has 2 atom stereocenters. The van der Waals surface area contributed by atoms with Gasteiger partial charge in [0.25, 0.3) is 0 Å². The van der Waals surface area contributed by atoms with Gasteiger partial charge in [0.2, 0.25) is 10.0 Å². The number of hydrogen-bond acceptors (Lipinski definition) is 3. The Balaban J connectivity index is 2.06. The largest absolute Gasteiger partial charge is 0.398 e. The van der Waals surface area contributed by atoms with Crippen LogP contribution in [0, 0.1) is 5.92 Å². The molecule has 1 fully saturated rings. The maximum absolute atomic E-state index is 12.1. The smallest absolute Gasteiger partial charge is 0.216 e. The molecule has 100 valence electrons. The molecule has 0 heterocycles. The van der Waals surface area contributed by atoms with Crippen molar-refractivity contribution in [3.8, 4) is 0 Å². The van der Waals surface area contributed by atoms with E-state index in [1.807, 2.05) is 0 Å². The first kappa shape index (κ1) is 13.4. The highest BCUT2D eigenvalue weighted by molar-refractivity contribution is 7.88. The van der Waals surface area contributed by atoms with Crippen LogP contribution >= 0.6 is 0 Å². The van der Waals surface area contributed by atoms with Crippen molar-refractivity contribution in [2.24, 2.45) is 5.92 Å². The van der Waals surface area contributed by atoms with Crippen molar-refractivity contribution in [1.29, 1.82) is 0 Å². The van der Waals surface area contributed by atoms with Gasteiger partial charge in [-0.3, -0.25) is 0 Å². The number of benzene rings is 1. The Labute approximate surface area is 109 Å². The van der Waals surface area contributed by atoms with E-state index < -0.39 is 10.0 Å². The summed E-state index contributed by atoms with van der Waals surface area (Å²) in [5.74, 6) is 0.385. The molecule has 0 bridgehead atoms. The van der Waals surface area contributed by atoms with Crippen LogP contribution in [0.4, 0.5) is 5.69 Å². The molecular weight excluding hydrogens is 248 g/mol. The third kappa shape index (κ3) is 3.23. The summed E-state index contributed by atoms with van der Waals surface area (Å²) in [6.07, 6.45) is 3.13. The number of anilines is 1. The Hall–Kier alpha value is -1.07. The molecule has 0 aromatic heterocycles. The van der Waals surface area contributed by atoms with Crippen molar-refractivity contribution >= 4 is 15.7 Å². The van der Waals surface area contributed by atoms with Gasteiger partial charge < -0.3 is 5.73 Å². The van der Waals surface area contributed by atoms with Gasteiger partial charge in [0.15, 0.2) is 0 Å². The summed E-state index contributed by atoms with van der Waals surface area (Å²) < 4.78 is 27.0. The van der Waals surface area contributed by atoms with Crippen molar-refractivity contribution in [3.63, 3.8) is 0 Å². The number of nitrogens with two attached hydrogens (primary N) is 1. The van der Waals surface area contributed by atoms with Gasteiger partial charge in [-0.25, -0.2) is 13.1 Å². The van der Waals surface area contributed by atoms with E-state index in [0.29, 0.717) is 17.2 Å². The van der Waals surface area contributed by atoms with Crippen LogP contribution in [0.5, 0.6) is 0 Å². The number of rotatable bonds is 4. The van der Waals surface area contributed by atoms with E-state index in [1.54, 1.807) is 24.3 Å². The predicted octanol–water partition coefficient (Wildman–Crippen LogP) is 1.88. The molecule has 3 N–H and O–H groups in total. The summed E-state index contributed by atoms with van der Waals surface area (Å²) in [6, 6.07) is 7.17. The van der Waals surface area contributed by atoms with Gasteiger partial charge in [0.1, 0.15) is 0 Å². The van der Waals surface area contributed by atoms with E-state index in [0.717, 1.165) is 19.3 Å². The quantitative estimate of drug-likeness (QED) is 0.819. The van der Waals surface area contributed by atoms with Gasteiger partial charge in [0, 0.05) is 11.7 Å². The molecule has 5 heteroatoms. The molecule has 4 nitrogen and oxygen atoms in total. The average molecular weight is 268 g/mol. The highest BCUT2D eigenvalue weighted by Crippen LogP contribution is 2.26. The van der Waals surface area contributed by atoms with Crippen molar-refractivity contribution < 1.29 is 8.42 Å². The molecular formula is C13H20N2O2S. The fourth-order valence-corrected chi connectivity index (χ4v) is 4.03. The Morgan fingerprint density at radius 1 is 1.33 bits per heavy atom. The second kappa shape index (κ2) is 5.28. The molecule has 18 heavy (non-hydrogen) atoms. The summed E-state index contributed by atoms with van der Waals surface area (Å²) in [6.45, 7) is 2.09. The van der Waals surface area contributed by atoms with Gasteiger partial charge in [-0.2, -0.15) is 0 Å². The number of sulfonamides is 1. The number of nitrogen functional groups attached to an aromatic ring is 1. The number of para-hydroxylation sites is 1. The molecule has 0 saturated heterocycles. The van der Waals surface area contributed by atoms with Crippen LogP contribution in [0.15, 0.2) is 24.3 Å². The summed E-state index contributed by atoms with van der Waals surface area (Å²) >= 11 is 0. The summed E-state index contributed by atoms with van der Waals surface area (Å²) in [4.78, 5) is 0. The van der Waals surface area contributed by atoms with Crippen molar-refractivity contribution in [3.05, 3.63) is 29.8 Å². The topological polar surface area (TPSA) is 72.2 Å². The second-order valence-corrected chi connectivity index (χ2v) is 6.84. The second-order valence-electron chi connectivity index (χ2n) is 5.09. The monoisotopic (exact) mass is 268 g/mol. The zero-order valence-corrected chi connectivity index (χ0v) is 11.4. The van der Waals surface area contributed by atoms with E-state index in [1.165, 1.54) is 0 Å². The van der Waals surface area contributed by atoms with Crippen LogP contribution in [-0.4, -0.2) is 14.5 Å². The lowest BCUT2D eigenvalue weighted by Gasteiger charge is -2.17. The van der Waals surface area contributed by atoms with Crippen LogP contribution in [0.2, 0.25) is 0 Å². The molecule has 0 aliphatic heterocycles. The summed E-state index contributed by atoms with van der Waals surface area (Å²) in [7, 11) is -3.30. The van der Waals surface area contributed by atoms with Gasteiger partial charge in [0.05, 0.1) is 5.75 Å². The van der Waals surface area contributed by atoms with E-state index in [2.05, 4.69) is 11.6 Å². The lowest BCUT2D eigenvalue weighted by molar-refractivity contribution is 0.476. The summed E-state index contributed by atoms with van der Waals surface area (Å²) in [5.41, 5.74) is 6.96. The molecule has 2 unspecified atom stereocenters. The third-order valence-electron chi connectivity index (χ3n) is 3.59. The molecule has 1 saturated carbocycles. The lowest BCUT2D eigenvalue weighted by atomic mass is 10.1. The molecule has 0 spiro atoms. The SMILES string of the molecule is CC1CCCC1NS(=O)(=O)Cc1ccccc1N. The van der Waals surface area contributed by atoms with E-state index in [-0.39, 0.29) is 11.8 Å². The first-order valence-corrected chi connectivity index (χ1v) is 7.96. The average Bonchev–Trinajstić information content (AvgIpc) is 2.67. The predicted molar refractivity (Wildman–Crippen MR) is 73.4 cm³/mol. The molecule has 0 amide bonds. The van der Waals surface area contributed by atoms with Gasteiger partial charge in [-0.15, -0.1) is 0 Å². The first-order valence-electron chi connectivity index (χ1n) is 6.31. The van der Waals surface area contributed by atoms with Crippen LogP contribution < -0.4 is 10.5 Å². The fraction of sp³-hybridized carbons (Fsp3) is 0.538. The lowest BCUT2D eigenvalue weighted by Crippen LogP contribution is -2.37. The van der Waals surface area contributed by atoms with Crippen molar-refractivity contribution in [2.75, 3.05) is 5.73 Å². The molecule has 0 radical (unpaired) electrons. The molecule has 1 aliphatic rings. The minimum atomic E-state index is -3.30. The normalized spacial score (nSPS) is 24.3. The van der Waals surface area contributed by atoms with Gasteiger partial charge in [-0.1, -0.05) is 31.5 Å². The Kier molecular flexibility index (Phi) is 3.92. The fourth-order valence-electron chi connectivity index (χ4n) is 2.46. The van der Waals surface area contributed by atoms with Gasteiger partial charge >= 0.3 is 0 Å². The van der Waals surface area contributed by atoms with Crippen molar-refractivity contribution in [2.45, 2.75) is 38.0 Å². The molecule has 1 aromatic carbocycles. The highest BCUT2D eigenvalue weighted by Gasteiger charge is 2.27. The van der Waals surface area contributed by atoms with E-state index in [4.69, 9.17) is 5.73 Å². The van der Waals surface area contributed by atoms with Crippen LogP contribution in [0.25, 0.3) is 0 Å². The minimum Gasteiger partial charge on any atom is -0.398 e. The van der Waals surface area contributed by atoms with E-state index in [9.17, 15) is 8.42 Å². The zero-order valence-electron chi connectivity index (χ0n) is 10.6. The number of nitrogens with one attached hydrogen (secondary N) is 1. The van der Waals surface area contributed by atoms with Crippen LogP contribution in [0.3, 0.4) is 0 Å². The Bertz CT molecular complexity index is 513. The van der Waals surface area contributed by atoms with E-state index >= 15 is 0 Å². The molecule has 1 aromatic rings. The zero-order chi connectivity index (χ0) is 13.2. The third-order valence-corrected chi connectivity index (χ3v) is 4.95. The van der Waals surface area contributed by atoms with Crippen LogP contribution in [0.1, 0.15) is 31.7 Å². The maximum atomic E-state index is 12.1. The maximum Gasteiger partial charge on any atom is 0.216 e. The van der Waals surface area contributed by atoms with Crippen LogP contribution in [-0.2, 0) is 15.8 Å². The standard InChI is InChI=1S/C13H20N2O2S/c1-10-5-4-8-13(10)15-18(16,17)9-11-6-2-3-7-12(11)14/h2-3,6-7,10,13,15H,4-5,8-9,14H2,1H3. The molecule has 1 aliphatic carbocycles. The Morgan fingerprint density at radius 2 is 2.06 bits per heavy atom.